The molecule has 1 aliphatic rings. The van der Waals surface area contributed by atoms with E-state index in [1.54, 1.807) is 3.23 Å². The van der Waals surface area contributed by atoms with Crippen LogP contribution in [0, 0.1) is 10.8 Å². The molecule has 1 aliphatic carbocycles. The van der Waals surface area contributed by atoms with Crippen molar-refractivity contribution in [3.63, 3.8) is 0 Å². The van der Waals surface area contributed by atoms with E-state index in [1.807, 2.05) is 18.2 Å². The molecule has 0 unspecified atom stereocenters. The Morgan fingerprint density at radius 2 is 1.91 bits per heavy atom. The first-order chi connectivity index (χ1) is 10.5. The molecule has 126 valence electrons. The van der Waals surface area contributed by atoms with Gasteiger partial charge in [0.25, 0.3) is 0 Å². The second kappa shape index (κ2) is 6.47. The first-order valence-corrected chi connectivity index (χ1v) is 18.1. The average Bonchev–Trinajstić information content (AvgIpc) is 2.45. The van der Waals surface area contributed by atoms with Crippen molar-refractivity contribution in [2.45, 2.75) is 47.9 Å². The van der Waals surface area contributed by atoms with Crippen molar-refractivity contribution >= 4 is 35.7 Å². The van der Waals surface area contributed by atoms with E-state index in [-0.39, 0.29) is 0 Å². The van der Waals surface area contributed by atoms with Crippen molar-refractivity contribution in [3.05, 3.63) is 35.4 Å². The third-order valence-electron chi connectivity index (χ3n) is 4.61. The Balaban J connectivity index is 2.34. The van der Waals surface area contributed by atoms with Crippen LogP contribution in [0.25, 0.3) is 5.57 Å². The number of allylic oxidation sites excluding steroid dienone is 2. The summed E-state index contributed by atoms with van der Waals surface area (Å²) in [5.41, 5.74) is 10.6. The number of amidine groups is 1. The monoisotopic (exact) mass is 422 g/mol. The fourth-order valence-corrected chi connectivity index (χ4v) is 5.06. The molecule has 0 saturated carbocycles. The van der Waals surface area contributed by atoms with Gasteiger partial charge >= 0.3 is 145 Å². The predicted molar refractivity (Wildman–Crippen MR) is 103 cm³/mol. The van der Waals surface area contributed by atoms with Crippen LogP contribution in [-0.4, -0.2) is 27.7 Å². The van der Waals surface area contributed by atoms with Crippen LogP contribution in [0.4, 0.5) is 5.69 Å². The molecule has 5 N–H and O–H groups in total. The minimum absolute atomic E-state index is 0.372. The molecule has 0 spiro atoms. The number of nitrogens with zero attached hydrogens (tertiary/aromatic N) is 1. The van der Waals surface area contributed by atoms with Crippen molar-refractivity contribution in [1.29, 1.82) is 5.41 Å². The summed E-state index contributed by atoms with van der Waals surface area (Å²) >= 11 is -2.50. The Labute approximate surface area is 144 Å². The van der Waals surface area contributed by atoms with Gasteiger partial charge in [0.1, 0.15) is 0 Å². The minimum atomic E-state index is -2.50. The van der Waals surface area contributed by atoms with E-state index in [4.69, 9.17) is 17.0 Å². The second-order valence-electron chi connectivity index (χ2n) is 8.29. The molecule has 0 aromatic heterocycles. The number of hydrogen-bond acceptors (Lipinski definition) is 3. The first kappa shape index (κ1) is 18.3. The number of nitrogens with one attached hydrogen (secondary N) is 1. The van der Waals surface area contributed by atoms with Crippen LogP contribution in [-0.2, 0) is 0 Å². The molecular weight excluding hydrogens is 391 g/mol. The van der Waals surface area contributed by atoms with Crippen molar-refractivity contribution < 1.29 is 0 Å². The van der Waals surface area contributed by atoms with Gasteiger partial charge in [-0.25, -0.2) is 0 Å². The Bertz CT molecular complexity index is 641. The molecule has 0 bridgehead atoms. The first-order valence-electron chi connectivity index (χ1n) is 8.24. The van der Waals surface area contributed by atoms with Crippen LogP contribution >= 0.6 is 0 Å². The molecule has 0 aliphatic heterocycles. The normalized spacial score (nSPS) is 17.6. The van der Waals surface area contributed by atoms with Crippen LogP contribution in [0.1, 0.15) is 44.2 Å². The second-order valence-corrected chi connectivity index (χ2v) is 22.1. The summed E-state index contributed by atoms with van der Waals surface area (Å²) in [6, 6.07) is 5.86. The Morgan fingerprint density at radius 1 is 1.26 bits per heavy atom. The molecule has 2 rings (SSSR count). The van der Waals surface area contributed by atoms with Gasteiger partial charge < -0.3 is 0 Å². The van der Waals surface area contributed by atoms with E-state index in [2.05, 4.69) is 34.7 Å². The maximum atomic E-state index is 8.43. The summed E-state index contributed by atoms with van der Waals surface area (Å²) in [4.78, 5) is 6.60. The van der Waals surface area contributed by atoms with Gasteiger partial charge in [-0.15, -0.1) is 0 Å². The van der Waals surface area contributed by atoms with Crippen LogP contribution in [0.3, 0.4) is 0 Å². The zero-order valence-corrected chi connectivity index (χ0v) is 17.9. The summed E-state index contributed by atoms with van der Waals surface area (Å²) in [5, 5.41) is 8.43. The molecule has 0 radical (unpaired) electrons. The summed E-state index contributed by atoms with van der Waals surface area (Å²) < 4.78 is 1.71. The van der Waals surface area contributed by atoms with Gasteiger partial charge in [-0.3, -0.25) is 0 Å². The number of rotatable bonds is 3. The van der Waals surface area contributed by atoms with Gasteiger partial charge in [0.2, 0.25) is 0 Å². The molecule has 0 fully saturated rings. The van der Waals surface area contributed by atoms with Crippen LogP contribution in [0.2, 0.25) is 14.8 Å². The van der Waals surface area contributed by atoms with Crippen LogP contribution < -0.4 is 11.6 Å². The molecule has 5 heteroatoms. The molecule has 23 heavy (non-hydrogen) atoms. The Morgan fingerprint density at radius 3 is 2.43 bits per heavy atom. The molecule has 0 amide bonds. The van der Waals surface area contributed by atoms with Gasteiger partial charge in [-0.05, 0) is 0 Å². The van der Waals surface area contributed by atoms with E-state index >= 15 is 0 Å². The number of anilines is 1. The van der Waals surface area contributed by atoms with E-state index < -0.39 is 18.7 Å². The average molecular weight is 421 g/mol. The van der Waals surface area contributed by atoms with Gasteiger partial charge in [-0.2, -0.15) is 0 Å². The zero-order chi connectivity index (χ0) is 17.4. The van der Waals surface area contributed by atoms with Crippen LogP contribution in [0.5, 0.6) is 0 Å². The molecule has 0 atom stereocenters. The number of benzene rings is 1. The van der Waals surface area contributed by atoms with Gasteiger partial charge in [0.05, 0.1) is 0 Å². The number of hydrogen-bond donors (Lipinski definition) is 3. The van der Waals surface area contributed by atoms with Gasteiger partial charge in [0, 0.05) is 0 Å². The van der Waals surface area contributed by atoms with E-state index in [0.717, 1.165) is 29.7 Å². The molecule has 0 heterocycles. The van der Waals surface area contributed by atoms with E-state index in [1.165, 1.54) is 12.0 Å². The van der Waals surface area contributed by atoms with Gasteiger partial charge in [0.15, 0.2) is 0 Å². The summed E-state index contributed by atoms with van der Waals surface area (Å²) in [7, 11) is 0. The van der Waals surface area contributed by atoms with Crippen molar-refractivity contribution in [2.75, 3.05) is 5.73 Å². The van der Waals surface area contributed by atoms with Crippen molar-refractivity contribution in [3.8, 4) is 0 Å². The third kappa shape index (κ3) is 4.29. The topological polar surface area (TPSA) is 79.1 Å². The zero-order valence-electron chi connectivity index (χ0n) is 15.0. The molecule has 0 saturated heterocycles. The number of nitrogens with two attached hydrogens (primary N) is 2. The SMILES string of the molecule is CC1(C)CC=C(c2cc(C(=N)[N](N)[Sn]([CH3])([CH3])[CH3])ccc2N)CC1. The fraction of sp³-hybridized carbons (Fsp3) is 0.500. The standard InChI is InChI=1S/C15H21N4.3CH3.Sn/c1-15(2)7-5-10(6-8-15)12-9-11(14(17)19-18)3-4-13(12)16;;;;/h3-5,9H,6-8,16,18H2,1-2H3,(H-,17,19);3*1H3;/q-1;;;;+1. The Kier molecular flexibility index (Phi) is 5.16. The van der Waals surface area contributed by atoms with Crippen molar-refractivity contribution in [1.82, 2.24) is 3.23 Å². The van der Waals surface area contributed by atoms with Crippen LogP contribution in [0.15, 0.2) is 24.3 Å². The number of hydrazine groups is 1. The fourth-order valence-electron chi connectivity index (χ4n) is 2.78. The summed E-state index contributed by atoms with van der Waals surface area (Å²) in [6.07, 6.45) is 5.59. The summed E-state index contributed by atoms with van der Waals surface area (Å²) in [5.74, 6) is 6.59. The Hall–Kier alpha value is -1.01. The molecule has 1 aromatic rings. The van der Waals surface area contributed by atoms with Crippen molar-refractivity contribution in [2.24, 2.45) is 11.3 Å². The van der Waals surface area contributed by atoms with Gasteiger partial charge in [-0.1, -0.05) is 0 Å². The molecule has 4 nitrogen and oxygen atoms in total. The number of nitrogen functional groups attached to an aromatic ring is 1. The maximum absolute atomic E-state index is 8.43. The predicted octanol–water partition coefficient (Wildman–Crippen LogP) is 4.20. The molecular formula is C18H30N4Sn. The van der Waals surface area contributed by atoms with E-state index in [0.29, 0.717) is 11.3 Å². The quantitative estimate of drug-likeness (QED) is 0.171. The molecule has 1 aromatic carbocycles. The third-order valence-corrected chi connectivity index (χ3v) is 9.37. The van der Waals surface area contributed by atoms with E-state index in [9.17, 15) is 0 Å². The summed E-state index contributed by atoms with van der Waals surface area (Å²) in [6.45, 7) is 4.61.